The Balaban J connectivity index is 2.46. The lowest BCUT2D eigenvalue weighted by Gasteiger charge is -2.28. The minimum atomic E-state index is -1.32. The van der Waals surface area contributed by atoms with Gasteiger partial charge in [-0.3, -0.25) is 4.79 Å². The average molecular weight is 264 g/mol. The van der Waals surface area contributed by atoms with Crippen molar-refractivity contribution in [3.63, 3.8) is 0 Å². The Hall–Kier alpha value is -1.38. The van der Waals surface area contributed by atoms with Crippen LogP contribution in [0.4, 0.5) is 4.39 Å². The zero-order valence-electron chi connectivity index (χ0n) is 11.6. The molecular formula is C16H21FO2. The highest BCUT2D eigenvalue weighted by Gasteiger charge is 2.44. The van der Waals surface area contributed by atoms with Gasteiger partial charge in [0.1, 0.15) is 5.67 Å². The minimum absolute atomic E-state index is 0.262. The van der Waals surface area contributed by atoms with Crippen LogP contribution in [0, 0.1) is 0 Å². The highest BCUT2D eigenvalue weighted by molar-refractivity contribution is 5.82. The van der Waals surface area contributed by atoms with E-state index in [1.807, 2.05) is 24.3 Å². The van der Waals surface area contributed by atoms with E-state index in [-0.39, 0.29) is 6.42 Å². The van der Waals surface area contributed by atoms with Crippen molar-refractivity contribution in [1.29, 1.82) is 0 Å². The molecule has 1 aliphatic rings. The number of hydrogen-bond acceptors (Lipinski definition) is 1. The Morgan fingerprint density at radius 2 is 1.89 bits per heavy atom. The van der Waals surface area contributed by atoms with Crippen molar-refractivity contribution in [2.75, 3.05) is 0 Å². The van der Waals surface area contributed by atoms with Crippen LogP contribution < -0.4 is 0 Å². The Morgan fingerprint density at radius 1 is 1.32 bits per heavy atom. The fraction of sp³-hybridized carbons (Fsp3) is 0.562. The van der Waals surface area contributed by atoms with Crippen molar-refractivity contribution in [2.45, 2.75) is 57.0 Å². The van der Waals surface area contributed by atoms with E-state index in [9.17, 15) is 14.3 Å². The van der Waals surface area contributed by atoms with Gasteiger partial charge in [0.05, 0.1) is 5.41 Å². The molecule has 1 fully saturated rings. The summed E-state index contributed by atoms with van der Waals surface area (Å²) in [6.07, 6.45) is 3.44. The molecule has 19 heavy (non-hydrogen) atoms. The van der Waals surface area contributed by atoms with E-state index in [2.05, 4.69) is 0 Å². The summed E-state index contributed by atoms with van der Waals surface area (Å²) >= 11 is 0. The van der Waals surface area contributed by atoms with Crippen molar-refractivity contribution in [1.82, 2.24) is 0 Å². The Bertz CT molecular complexity index is 468. The standard InChI is InChI=1S/C16H21FO2/c1-15(2,17)11-12-7-3-4-8-13(12)16(14(18)19)9-5-6-10-16/h3-4,7-8H,5-6,9-11H2,1-2H3,(H,18,19). The molecule has 0 radical (unpaired) electrons. The molecule has 1 aromatic carbocycles. The summed E-state index contributed by atoms with van der Waals surface area (Å²) in [5.41, 5.74) is -0.485. The molecule has 0 amide bonds. The van der Waals surface area contributed by atoms with Crippen molar-refractivity contribution in [3.05, 3.63) is 35.4 Å². The lowest BCUT2D eigenvalue weighted by molar-refractivity contribution is -0.143. The summed E-state index contributed by atoms with van der Waals surface area (Å²) in [6.45, 7) is 3.07. The molecule has 1 aliphatic carbocycles. The number of halogens is 1. The summed E-state index contributed by atoms with van der Waals surface area (Å²) in [5, 5.41) is 9.65. The maximum atomic E-state index is 13.9. The van der Waals surface area contributed by atoms with E-state index in [0.29, 0.717) is 12.8 Å². The molecule has 104 valence electrons. The SMILES string of the molecule is CC(C)(F)Cc1ccccc1C1(C(=O)O)CCCC1. The molecule has 0 aliphatic heterocycles. The topological polar surface area (TPSA) is 37.3 Å². The Morgan fingerprint density at radius 3 is 2.42 bits per heavy atom. The largest absolute Gasteiger partial charge is 0.481 e. The normalized spacial score (nSPS) is 18.5. The molecule has 0 unspecified atom stereocenters. The van der Waals surface area contributed by atoms with Crippen molar-refractivity contribution in [3.8, 4) is 0 Å². The smallest absolute Gasteiger partial charge is 0.314 e. The minimum Gasteiger partial charge on any atom is -0.481 e. The quantitative estimate of drug-likeness (QED) is 0.896. The first kappa shape index (κ1) is 14.0. The second-order valence-corrected chi connectivity index (χ2v) is 6.15. The van der Waals surface area contributed by atoms with Gasteiger partial charge in [-0.05, 0) is 37.8 Å². The van der Waals surface area contributed by atoms with Crippen LogP contribution in [0.3, 0.4) is 0 Å². The third kappa shape index (κ3) is 2.80. The summed E-state index contributed by atoms with van der Waals surface area (Å²) in [6, 6.07) is 7.43. The number of alkyl halides is 1. The molecule has 1 N–H and O–H groups in total. The first-order chi connectivity index (χ1) is 8.85. The molecule has 1 aromatic rings. The Labute approximate surface area is 113 Å². The van der Waals surface area contributed by atoms with Gasteiger partial charge in [-0.25, -0.2) is 4.39 Å². The Kier molecular flexibility index (Phi) is 3.66. The van der Waals surface area contributed by atoms with E-state index < -0.39 is 17.1 Å². The van der Waals surface area contributed by atoms with Gasteiger partial charge in [0.25, 0.3) is 0 Å². The van der Waals surface area contributed by atoms with Crippen LogP contribution >= 0.6 is 0 Å². The van der Waals surface area contributed by atoms with Crippen LogP contribution in [0.15, 0.2) is 24.3 Å². The van der Waals surface area contributed by atoms with Gasteiger partial charge in [-0.1, -0.05) is 37.1 Å². The van der Waals surface area contributed by atoms with Crippen molar-refractivity contribution in [2.24, 2.45) is 0 Å². The van der Waals surface area contributed by atoms with Crippen LogP contribution in [-0.2, 0) is 16.6 Å². The predicted octanol–water partition coefficient (Wildman–Crippen LogP) is 3.87. The van der Waals surface area contributed by atoms with E-state index in [4.69, 9.17) is 0 Å². The number of carboxylic acids is 1. The van der Waals surface area contributed by atoms with E-state index in [1.165, 1.54) is 13.8 Å². The van der Waals surface area contributed by atoms with Crippen molar-refractivity contribution < 1.29 is 14.3 Å². The predicted molar refractivity (Wildman–Crippen MR) is 73.1 cm³/mol. The summed E-state index contributed by atoms with van der Waals surface area (Å²) < 4.78 is 13.9. The van der Waals surface area contributed by atoms with Gasteiger partial charge < -0.3 is 5.11 Å². The molecule has 3 heteroatoms. The van der Waals surface area contributed by atoms with Crippen LogP contribution in [0.1, 0.15) is 50.7 Å². The average Bonchev–Trinajstić information content (AvgIpc) is 2.77. The summed E-state index contributed by atoms with van der Waals surface area (Å²) in [5.74, 6) is -0.769. The second kappa shape index (κ2) is 4.95. The molecule has 0 heterocycles. The number of benzene rings is 1. The van der Waals surface area contributed by atoms with Gasteiger partial charge in [0.2, 0.25) is 0 Å². The summed E-state index contributed by atoms with van der Waals surface area (Å²) in [7, 11) is 0. The summed E-state index contributed by atoms with van der Waals surface area (Å²) in [4.78, 5) is 11.7. The molecule has 0 aromatic heterocycles. The van der Waals surface area contributed by atoms with Crippen molar-refractivity contribution >= 4 is 5.97 Å². The first-order valence-corrected chi connectivity index (χ1v) is 6.86. The highest BCUT2D eigenvalue weighted by Crippen LogP contribution is 2.43. The first-order valence-electron chi connectivity index (χ1n) is 6.86. The molecule has 0 saturated heterocycles. The third-order valence-electron chi connectivity index (χ3n) is 4.01. The monoisotopic (exact) mass is 264 g/mol. The second-order valence-electron chi connectivity index (χ2n) is 6.15. The van der Waals surface area contributed by atoms with Crippen LogP contribution in [0.2, 0.25) is 0 Å². The maximum absolute atomic E-state index is 13.9. The number of hydrogen-bond donors (Lipinski definition) is 1. The van der Waals surface area contributed by atoms with Crippen LogP contribution in [-0.4, -0.2) is 16.7 Å². The van der Waals surface area contributed by atoms with Gasteiger partial charge in [-0.15, -0.1) is 0 Å². The van der Waals surface area contributed by atoms with Gasteiger partial charge >= 0.3 is 5.97 Å². The molecule has 1 saturated carbocycles. The van der Waals surface area contributed by atoms with Crippen LogP contribution in [0.25, 0.3) is 0 Å². The lowest BCUT2D eigenvalue weighted by atomic mass is 9.75. The molecular weight excluding hydrogens is 243 g/mol. The number of carbonyl (C=O) groups is 1. The van der Waals surface area contributed by atoms with Gasteiger partial charge in [0.15, 0.2) is 0 Å². The maximum Gasteiger partial charge on any atom is 0.314 e. The molecule has 2 rings (SSSR count). The zero-order valence-corrected chi connectivity index (χ0v) is 11.6. The molecule has 2 nitrogen and oxygen atoms in total. The molecule has 0 atom stereocenters. The zero-order chi connectivity index (χ0) is 14.1. The molecule has 0 bridgehead atoms. The number of rotatable bonds is 4. The number of aliphatic carboxylic acids is 1. The third-order valence-corrected chi connectivity index (χ3v) is 4.01. The van der Waals surface area contributed by atoms with Gasteiger partial charge in [-0.2, -0.15) is 0 Å². The van der Waals surface area contributed by atoms with E-state index in [1.54, 1.807) is 0 Å². The number of carboxylic acid groups (broad SMARTS) is 1. The van der Waals surface area contributed by atoms with E-state index >= 15 is 0 Å². The molecule has 0 spiro atoms. The lowest BCUT2D eigenvalue weighted by Crippen LogP contribution is -2.34. The van der Waals surface area contributed by atoms with Crippen LogP contribution in [0.5, 0.6) is 0 Å². The highest BCUT2D eigenvalue weighted by atomic mass is 19.1. The van der Waals surface area contributed by atoms with Gasteiger partial charge in [0, 0.05) is 6.42 Å². The van der Waals surface area contributed by atoms with E-state index in [0.717, 1.165) is 24.0 Å². The fourth-order valence-electron chi connectivity index (χ4n) is 3.17. The fourth-order valence-corrected chi connectivity index (χ4v) is 3.17.